The molecule has 0 bridgehead atoms. The third kappa shape index (κ3) is 4.37. The Bertz CT molecular complexity index is 1350. The third-order valence-electron chi connectivity index (χ3n) is 5.03. The summed E-state index contributed by atoms with van der Waals surface area (Å²) in [4.78, 5) is 0. The fraction of sp³-hybridized carbons (Fsp3) is 0.0800. The molecule has 0 atom stereocenters. The second-order valence-electron chi connectivity index (χ2n) is 6.91. The van der Waals surface area contributed by atoms with Crippen LogP contribution in [0.3, 0.4) is 0 Å². The van der Waals surface area contributed by atoms with Gasteiger partial charge < -0.3 is 15.2 Å². The third-order valence-corrected chi connectivity index (χ3v) is 5.03. The van der Waals surface area contributed by atoms with E-state index in [1.165, 1.54) is 0 Å². The molecule has 7 nitrogen and oxygen atoms in total. The van der Waals surface area contributed by atoms with Crippen molar-refractivity contribution < 1.29 is 9.47 Å². The van der Waals surface area contributed by atoms with Crippen molar-refractivity contribution >= 4 is 39.9 Å². The molecule has 4 rings (SSSR count). The highest BCUT2D eigenvalue weighted by atomic mass is 16.5. The summed E-state index contributed by atoms with van der Waals surface area (Å²) in [6, 6.07) is 23.8. The van der Waals surface area contributed by atoms with Gasteiger partial charge in [-0.25, -0.2) is 5.43 Å². The first-order chi connectivity index (χ1) is 15.7. The quantitative estimate of drug-likeness (QED) is 0.274. The molecule has 0 amide bonds. The van der Waals surface area contributed by atoms with E-state index in [4.69, 9.17) is 15.2 Å². The van der Waals surface area contributed by atoms with Crippen molar-refractivity contribution in [1.82, 2.24) is 5.43 Å². The van der Waals surface area contributed by atoms with Gasteiger partial charge in [0, 0.05) is 11.1 Å². The van der Waals surface area contributed by atoms with Gasteiger partial charge in [0.15, 0.2) is 0 Å². The summed E-state index contributed by atoms with van der Waals surface area (Å²) in [5.41, 5.74) is 10.3. The lowest BCUT2D eigenvalue weighted by Crippen LogP contribution is -2.26. The Morgan fingerprint density at radius 1 is 0.750 bits per heavy atom. The van der Waals surface area contributed by atoms with E-state index in [1.54, 1.807) is 26.6 Å². The number of fused-ring (bicyclic) bond motifs is 2. The molecular weight excluding hydrogens is 402 g/mol. The van der Waals surface area contributed by atoms with Crippen LogP contribution in [0, 0.1) is 0 Å². The maximum absolute atomic E-state index is 5.92. The number of hydrogen-bond acceptors (Lipinski definition) is 5. The van der Waals surface area contributed by atoms with Crippen LogP contribution in [0.25, 0.3) is 21.5 Å². The molecule has 0 fully saturated rings. The fourth-order valence-electron chi connectivity index (χ4n) is 3.51. The van der Waals surface area contributed by atoms with Crippen LogP contribution >= 0.6 is 0 Å². The topological polar surface area (TPSA) is 93.6 Å². The van der Waals surface area contributed by atoms with Crippen molar-refractivity contribution in [2.45, 2.75) is 0 Å². The Kier molecular flexibility index (Phi) is 6.27. The molecule has 0 aromatic heterocycles. The summed E-state index contributed by atoms with van der Waals surface area (Å²) in [7, 11) is 3.25. The fourth-order valence-corrected chi connectivity index (χ4v) is 3.51. The van der Waals surface area contributed by atoms with Crippen molar-refractivity contribution in [3.63, 3.8) is 0 Å². The zero-order chi connectivity index (χ0) is 22.3. The predicted molar refractivity (Wildman–Crippen MR) is 131 cm³/mol. The van der Waals surface area contributed by atoms with Crippen LogP contribution in [-0.2, 0) is 0 Å². The molecule has 0 aliphatic heterocycles. The summed E-state index contributed by atoms with van der Waals surface area (Å²) in [6.45, 7) is 0. The number of hydrazone groups is 1. The highest BCUT2D eigenvalue weighted by molar-refractivity contribution is 6.03. The molecular formula is C25H23N5O2. The number of ether oxygens (including phenoxy) is 2. The highest BCUT2D eigenvalue weighted by Gasteiger charge is 2.07. The standard InChI is InChI=1S/C25H23N5O2/c1-31-23-13-11-17-7-3-5-9-19(17)21(23)15-27-29-25(26)30-28-16-22-20-10-6-4-8-18(20)12-14-24(22)32-2/h3-16H,1-2H3,(H3,26,29,30). The van der Waals surface area contributed by atoms with Crippen LogP contribution < -0.4 is 20.6 Å². The molecule has 0 unspecified atom stereocenters. The summed E-state index contributed by atoms with van der Waals surface area (Å²) < 4.78 is 10.9. The molecule has 3 N–H and O–H groups in total. The van der Waals surface area contributed by atoms with E-state index in [1.807, 2.05) is 72.8 Å². The lowest BCUT2D eigenvalue weighted by atomic mass is 10.0. The van der Waals surface area contributed by atoms with Crippen molar-refractivity contribution in [3.8, 4) is 11.5 Å². The highest BCUT2D eigenvalue weighted by Crippen LogP contribution is 2.27. The Hall–Kier alpha value is -4.39. The van der Waals surface area contributed by atoms with Crippen LogP contribution in [0.1, 0.15) is 11.1 Å². The van der Waals surface area contributed by atoms with Gasteiger partial charge in [-0.3, -0.25) is 0 Å². The van der Waals surface area contributed by atoms with E-state index in [0.29, 0.717) is 11.5 Å². The molecule has 0 spiro atoms. The normalized spacial score (nSPS) is 12.1. The molecule has 0 saturated carbocycles. The Morgan fingerprint density at radius 3 is 1.84 bits per heavy atom. The number of nitrogens with one attached hydrogen (secondary N) is 1. The monoisotopic (exact) mass is 425 g/mol. The minimum atomic E-state index is 0.0518. The Morgan fingerprint density at radius 2 is 1.28 bits per heavy atom. The molecule has 0 aliphatic rings. The van der Waals surface area contributed by atoms with E-state index >= 15 is 0 Å². The van der Waals surface area contributed by atoms with Gasteiger partial charge in [-0.2, -0.15) is 10.2 Å². The Balaban J connectivity index is 1.54. The number of hydrogen-bond donors (Lipinski definition) is 2. The van der Waals surface area contributed by atoms with Gasteiger partial charge in [0.05, 0.1) is 26.6 Å². The first kappa shape index (κ1) is 20.9. The SMILES string of the molecule is COc1ccc2ccccc2c1C=NN=C(N)NN=Cc1c(OC)ccc2ccccc12. The molecule has 160 valence electrons. The van der Waals surface area contributed by atoms with Gasteiger partial charge in [-0.05, 0) is 33.7 Å². The number of guanidine groups is 1. The second-order valence-corrected chi connectivity index (χ2v) is 6.91. The van der Waals surface area contributed by atoms with Crippen molar-refractivity contribution in [3.05, 3.63) is 83.9 Å². The van der Waals surface area contributed by atoms with Crippen LogP contribution in [-0.4, -0.2) is 32.6 Å². The van der Waals surface area contributed by atoms with Gasteiger partial charge >= 0.3 is 0 Å². The Labute approximate surface area is 185 Å². The number of nitrogens with zero attached hydrogens (tertiary/aromatic N) is 3. The zero-order valence-electron chi connectivity index (χ0n) is 17.8. The van der Waals surface area contributed by atoms with E-state index < -0.39 is 0 Å². The van der Waals surface area contributed by atoms with E-state index in [9.17, 15) is 0 Å². The second kappa shape index (κ2) is 9.61. The lowest BCUT2D eigenvalue weighted by molar-refractivity contribution is 0.414. The molecule has 0 saturated heterocycles. The van der Waals surface area contributed by atoms with Gasteiger partial charge in [0.25, 0.3) is 0 Å². The van der Waals surface area contributed by atoms with Crippen molar-refractivity contribution in [2.75, 3.05) is 14.2 Å². The molecule has 4 aromatic rings. The van der Waals surface area contributed by atoms with E-state index in [-0.39, 0.29) is 5.96 Å². The van der Waals surface area contributed by atoms with Gasteiger partial charge in [0.2, 0.25) is 5.96 Å². The van der Waals surface area contributed by atoms with Crippen LogP contribution in [0.15, 0.2) is 88.1 Å². The van der Waals surface area contributed by atoms with Gasteiger partial charge in [-0.15, -0.1) is 5.10 Å². The van der Waals surface area contributed by atoms with Crippen molar-refractivity contribution in [2.24, 2.45) is 21.0 Å². The molecule has 7 heteroatoms. The molecule has 4 aromatic carbocycles. The van der Waals surface area contributed by atoms with Crippen LogP contribution in [0.2, 0.25) is 0 Å². The first-order valence-corrected chi connectivity index (χ1v) is 9.98. The number of rotatable bonds is 6. The van der Waals surface area contributed by atoms with Crippen LogP contribution in [0.5, 0.6) is 11.5 Å². The molecule has 32 heavy (non-hydrogen) atoms. The summed E-state index contributed by atoms with van der Waals surface area (Å²) >= 11 is 0. The van der Waals surface area contributed by atoms with E-state index in [2.05, 4.69) is 20.7 Å². The van der Waals surface area contributed by atoms with E-state index in [0.717, 1.165) is 32.7 Å². The maximum Gasteiger partial charge on any atom is 0.234 e. The number of benzene rings is 4. The summed E-state index contributed by atoms with van der Waals surface area (Å²) in [5, 5.41) is 16.5. The van der Waals surface area contributed by atoms with Crippen molar-refractivity contribution in [1.29, 1.82) is 0 Å². The minimum absolute atomic E-state index is 0.0518. The lowest BCUT2D eigenvalue weighted by Gasteiger charge is -2.08. The van der Waals surface area contributed by atoms with Gasteiger partial charge in [-0.1, -0.05) is 60.7 Å². The molecule has 0 aliphatic carbocycles. The average Bonchev–Trinajstić information content (AvgIpc) is 2.84. The minimum Gasteiger partial charge on any atom is -0.496 e. The summed E-state index contributed by atoms with van der Waals surface area (Å²) in [5.74, 6) is 1.47. The smallest absolute Gasteiger partial charge is 0.234 e. The molecule has 0 radical (unpaired) electrons. The zero-order valence-corrected chi connectivity index (χ0v) is 17.8. The molecule has 0 heterocycles. The van der Waals surface area contributed by atoms with Gasteiger partial charge in [0.1, 0.15) is 11.5 Å². The summed E-state index contributed by atoms with van der Waals surface area (Å²) in [6.07, 6.45) is 3.27. The first-order valence-electron chi connectivity index (χ1n) is 9.98. The number of methoxy groups -OCH3 is 2. The predicted octanol–water partition coefficient (Wildman–Crippen LogP) is 4.28. The number of nitrogens with two attached hydrogens (primary N) is 1. The average molecular weight is 425 g/mol. The largest absolute Gasteiger partial charge is 0.496 e. The van der Waals surface area contributed by atoms with Crippen LogP contribution in [0.4, 0.5) is 0 Å². The maximum atomic E-state index is 5.92.